The lowest BCUT2D eigenvalue weighted by Gasteiger charge is -2.33. The van der Waals surface area contributed by atoms with Crippen LogP contribution in [0.1, 0.15) is 70.2 Å². The molecule has 1 aromatic carbocycles. The van der Waals surface area contributed by atoms with Gasteiger partial charge in [-0.25, -0.2) is 0 Å². The van der Waals surface area contributed by atoms with Crippen molar-refractivity contribution in [2.45, 2.75) is 65.8 Å². The minimum atomic E-state index is 0.165. The van der Waals surface area contributed by atoms with Gasteiger partial charge in [-0.1, -0.05) is 70.9 Å². The van der Waals surface area contributed by atoms with Crippen molar-refractivity contribution in [3.05, 3.63) is 35.9 Å². The highest BCUT2D eigenvalue weighted by Gasteiger charge is 2.40. The highest BCUT2D eigenvalue weighted by atomic mass is 16.1. The predicted octanol–water partition coefficient (Wildman–Crippen LogP) is 5.19. The topological polar surface area (TPSA) is 20.3 Å². The number of hydrogen-bond acceptors (Lipinski definition) is 2. The lowest BCUT2D eigenvalue weighted by Crippen LogP contribution is -2.39. The van der Waals surface area contributed by atoms with Gasteiger partial charge < -0.3 is 0 Å². The lowest BCUT2D eigenvalue weighted by molar-refractivity contribution is 0.0847. The molecule has 0 bridgehead atoms. The predicted molar refractivity (Wildman–Crippen MR) is 97.8 cm³/mol. The molecule has 1 aliphatic heterocycles. The van der Waals surface area contributed by atoms with Gasteiger partial charge in [0.2, 0.25) is 0 Å². The summed E-state index contributed by atoms with van der Waals surface area (Å²) in [6.45, 7) is 11.3. The van der Waals surface area contributed by atoms with Crippen LogP contribution in [0, 0.1) is 11.3 Å². The molecule has 0 saturated carbocycles. The minimum absolute atomic E-state index is 0.165. The Morgan fingerprint density at radius 2 is 1.87 bits per heavy atom. The van der Waals surface area contributed by atoms with Gasteiger partial charge in [-0.15, -0.1) is 0 Å². The van der Waals surface area contributed by atoms with Crippen LogP contribution in [-0.2, 0) is 0 Å². The average Bonchev–Trinajstić information content (AvgIpc) is 2.89. The molecule has 128 valence electrons. The summed E-state index contributed by atoms with van der Waals surface area (Å²) in [7, 11) is 0. The molecule has 1 aromatic rings. The number of benzene rings is 1. The second-order valence-corrected chi connectivity index (χ2v) is 8.20. The molecule has 23 heavy (non-hydrogen) atoms. The Morgan fingerprint density at radius 3 is 2.48 bits per heavy atom. The van der Waals surface area contributed by atoms with E-state index in [-0.39, 0.29) is 11.3 Å². The first-order valence-electron chi connectivity index (χ1n) is 9.25. The number of Topliss-reactive ketones (excluding diaryl/α,β-unsaturated/α-hetero) is 1. The fraction of sp³-hybridized carbons (Fsp3) is 0.667. The molecule has 1 aliphatic rings. The zero-order chi connectivity index (χ0) is 16.9. The molecular formula is C21H33NO. The molecule has 2 nitrogen and oxygen atoms in total. The zero-order valence-electron chi connectivity index (χ0n) is 15.3. The highest BCUT2D eigenvalue weighted by molar-refractivity contribution is 5.98. The fourth-order valence-electron chi connectivity index (χ4n) is 3.78. The summed E-state index contributed by atoms with van der Waals surface area (Å²) < 4.78 is 0. The van der Waals surface area contributed by atoms with Crippen LogP contribution < -0.4 is 0 Å². The van der Waals surface area contributed by atoms with Crippen molar-refractivity contribution in [1.82, 2.24) is 4.90 Å². The maximum absolute atomic E-state index is 13.0. The normalized spacial score (nSPS) is 22.4. The quantitative estimate of drug-likeness (QED) is 0.510. The van der Waals surface area contributed by atoms with Crippen LogP contribution in [0.2, 0.25) is 0 Å². The van der Waals surface area contributed by atoms with Crippen LogP contribution in [-0.4, -0.2) is 29.8 Å². The van der Waals surface area contributed by atoms with Crippen molar-refractivity contribution < 1.29 is 4.79 Å². The van der Waals surface area contributed by atoms with E-state index in [1.54, 1.807) is 0 Å². The van der Waals surface area contributed by atoms with Crippen molar-refractivity contribution in [2.24, 2.45) is 11.3 Å². The number of rotatable bonds is 7. The molecule has 0 unspecified atom stereocenters. The smallest absolute Gasteiger partial charge is 0.167 e. The summed E-state index contributed by atoms with van der Waals surface area (Å²) in [4.78, 5) is 15.6. The summed E-state index contributed by atoms with van der Waals surface area (Å²) in [6.07, 6.45) is 5.91. The van der Waals surface area contributed by atoms with Gasteiger partial charge in [-0.3, -0.25) is 9.69 Å². The van der Waals surface area contributed by atoms with Gasteiger partial charge in [0.05, 0.1) is 0 Å². The molecule has 1 saturated heterocycles. The number of likely N-dealkylation sites (tertiary alicyclic amines) is 1. The number of carbonyl (C=O) groups excluding carboxylic acids is 1. The summed E-state index contributed by atoms with van der Waals surface area (Å²) in [5, 5.41) is 0. The molecule has 2 rings (SSSR count). The standard InChI is InChI=1S/C21H33NO/c1-5-6-10-14-22-15-13-18(19(22)16-21(2,3)4)20(23)17-11-8-7-9-12-17/h7-9,11-12,18-19H,5-6,10,13-16H2,1-4H3/t18-,19-/m0/s1. The number of carbonyl (C=O) groups is 1. The Morgan fingerprint density at radius 1 is 1.17 bits per heavy atom. The number of nitrogens with zero attached hydrogens (tertiary/aromatic N) is 1. The monoisotopic (exact) mass is 315 g/mol. The molecule has 2 heteroatoms. The second-order valence-electron chi connectivity index (χ2n) is 8.20. The first-order valence-corrected chi connectivity index (χ1v) is 9.25. The van der Waals surface area contributed by atoms with Gasteiger partial charge in [0.1, 0.15) is 0 Å². The van der Waals surface area contributed by atoms with E-state index in [4.69, 9.17) is 0 Å². The summed E-state index contributed by atoms with van der Waals surface area (Å²) >= 11 is 0. The Hall–Kier alpha value is -1.15. The van der Waals surface area contributed by atoms with Crippen LogP contribution in [0.4, 0.5) is 0 Å². The highest BCUT2D eigenvalue weighted by Crippen LogP contribution is 2.35. The second kappa shape index (κ2) is 8.10. The summed E-state index contributed by atoms with van der Waals surface area (Å²) in [5.74, 6) is 0.510. The lowest BCUT2D eigenvalue weighted by atomic mass is 9.80. The molecule has 1 fully saturated rings. The van der Waals surface area contributed by atoms with Crippen molar-refractivity contribution in [3.63, 3.8) is 0 Å². The molecule has 0 radical (unpaired) electrons. The van der Waals surface area contributed by atoms with E-state index in [1.807, 2.05) is 30.3 Å². The maximum Gasteiger partial charge on any atom is 0.167 e. The molecule has 0 spiro atoms. The van der Waals surface area contributed by atoms with Crippen molar-refractivity contribution >= 4 is 5.78 Å². The first kappa shape index (κ1) is 18.2. The zero-order valence-corrected chi connectivity index (χ0v) is 15.3. The third kappa shape index (κ3) is 5.17. The minimum Gasteiger partial charge on any atom is -0.300 e. The van der Waals surface area contributed by atoms with Crippen molar-refractivity contribution in [2.75, 3.05) is 13.1 Å². The van der Waals surface area contributed by atoms with E-state index in [1.165, 1.54) is 19.3 Å². The largest absolute Gasteiger partial charge is 0.300 e. The van der Waals surface area contributed by atoms with Gasteiger partial charge in [0.15, 0.2) is 5.78 Å². The van der Waals surface area contributed by atoms with E-state index in [0.717, 1.165) is 31.5 Å². The summed E-state index contributed by atoms with van der Waals surface area (Å²) in [6, 6.07) is 10.3. The van der Waals surface area contributed by atoms with Crippen molar-refractivity contribution in [1.29, 1.82) is 0 Å². The van der Waals surface area contributed by atoms with E-state index >= 15 is 0 Å². The molecule has 0 aliphatic carbocycles. The third-order valence-corrected chi connectivity index (χ3v) is 4.93. The van der Waals surface area contributed by atoms with Crippen LogP contribution in [0.5, 0.6) is 0 Å². The van der Waals surface area contributed by atoms with Crippen LogP contribution >= 0.6 is 0 Å². The maximum atomic E-state index is 13.0. The number of ketones is 1. The fourth-order valence-corrected chi connectivity index (χ4v) is 3.78. The molecule has 0 aromatic heterocycles. The number of unbranched alkanes of at least 4 members (excludes halogenated alkanes) is 2. The van der Waals surface area contributed by atoms with Gasteiger partial charge in [0.25, 0.3) is 0 Å². The number of hydrogen-bond donors (Lipinski definition) is 0. The molecule has 1 heterocycles. The Kier molecular flexibility index (Phi) is 6.41. The Labute approximate surface area is 142 Å². The first-order chi connectivity index (χ1) is 10.9. The van der Waals surface area contributed by atoms with Gasteiger partial charge in [-0.05, 0) is 37.8 Å². The van der Waals surface area contributed by atoms with E-state index < -0.39 is 0 Å². The molecule has 0 N–H and O–H groups in total. The van der Waals surface area contributed by atoms with Gasteiger partial charge in [-0.2, -0.15) is 0 Å². The Balaban J connectivity index is 2.12. The van der Waals surface area contributed by atoms with Crippen LogP contribution in [0.3, 0.4) is 0 Å². The Bertz CT molecular complexity index is 488. The van der Waals surface area contributed by atoms with Gasteiger partial charge >= 0.3 is 0 Å². The van der Waals surface area contributed by atoms with Crippen LogP contribution in [0.25, 0.3) is 0 Å². The van der Waals surface area contributed by atoms with E-state index in [2.05, 4.69) is 32.6 Å². The molecule has 2 atom stereocenters. The summed E-state index contributed by atoms with van der Waals surface area (Å²) in [5.41, 5.74) is 1.14. The van der Waals surface area contributed by atoms with Crippen molar-refractivity contribution in [3.8, 4) is 0 Å². The SMILES string of the molecule is CCCCCN1CC[C@H](C(=O)c2ccccc2)[C@@H]1CC(C)(C)C. The van der Waals surface area contributed by atoms with Gasteiger partial charge in [0, 0.05) is 17.5 Å². The molecule has 0 amide bonds. The van der Waals surface area contributed by atoms with E-state index in [9.17, 15) is 4.79 Å². The van der Waals surface area contributed by atoms with Crippen LogP contribution in [0.15, 0.2) is 30.3 Å². The third-order valence-electron chi connectivity index (χ3n) is 4.93. The average molecular weight is 316 g/mol. The molecular weight excluding hydrogens is 282 g/mol. The van der Waals surface area contributed by atoms with E-state index in [0.29, 0.717) is 11.8 Å².